The van der Waals surface area contributed by atoms with Crippen LogP contribution in [0.5, 0.6) is 5.75 Å². The lowest BCUT2D eigenvalue weighted by Gasteiger charge is -2.15. The average molecular weight is 262 g/mol. The fraction of sp³-hybridized carbons (Fsp3) is 0.364. The minimum Gasteiger partial charge on any atom is -0.406 e. The summed E-state index contributed by atoms with van der Waals surface area (Å²) in [5, 5.41) is 2.83. The highest BCUT2D eigenvalue weighted by Gasteiger charge is 2.31. The van der Waals surface area contributed by atoms with Gasteiger partial charge < -0.3 is 15.8 Å². The van der Waals surface area contributed by atoms with E-state index >= 15 is 0 Å². The van der Waals surface area contributed by atoms with Gasteiger partial charge in [-0.1, -0.05) is 19.1 Å². The number of nitrogens with two attached hydrogens (primary N) is 1. The lowest BCUT2D eigenvalue weighted by atomic mass is 10.1. The first kappa shape index (κ1) is 14.3. The molecule has 0 radical (unpaired) electrons. The van der Waals surface area contributed by atoms with Crippen molar-refractivity contribution < 1.29 is 22.7 Å². The number of nitrogens with one attached hydrogen (secondary N) is 1. The van der Waals surface area contributed by atoms with E-state index in [-0.39, 0.29) is 5.75 Å². The van der Waals surface area contributed by atoms with Gasteiger partial charge in [0.1, 0.15) is 11.8 Å². The molecule has 0 fully saturated rings. The summed E-state index contributed by atoms with van der Waals surface area (Å²) in [4.78, 5) is 11.2. The topological polar surface area (TPSA) is 64.3 Å². The van der Waals surface area contributed by atoms with Gasteiger partial charge in [-0.15, -0.1) is 13.2 Å². The SMILES string of the molecule is CCNC(C(N)=O)c1ccc(OC(F)(F)F)cc1. The molecule has 0 aliphatic carbocycles. The molecule has 0 aliphatic heterocycles. The van der Waals surface area contributed by atoms with Crippen molar-refractivity contribution in [2.45, 2.75) is 19.3 Å². The third-order valence-corrected chi connectivity index (χ3v) is 2.14. The number of primary amides is 1. The Kier molecular flexibility index (Phi) is 4.55. The number of hydrogen-bond donors (Lipinski definition) is 2. The fourth-order valence-corrected chi connectivity index (χ4v) is 1.45. The van der Waals surface area contributed by atoms with Gasteiger partial charge in [0.05, 0.1) is 0 Å². The van der Waals surface area contributed by atoms with Gasteiger partial charge in [-0.05, 0) is 24.2 Å². The monoisotopic (exact) mass is 262 g/mol. The molecule has 0 saturated heterocycles. The summed E-state index contributed by atoms with van der Waals surface area (Å²) in [6, 6.07) is 4.26. The Balaban J connectivity index is 2.83. The Morgan fingerprint density at radius 1 is 1.39 bits per heavy atom. The molecule has 0 heterocycles. The molecule has 1 aromatic carbocycles. The molecule has 100 valence electrons. The minimum atomic E-state index is -4.73. The molecule has 0 bridgehead atoms. The van der Waals surface area contributed by atoms with Crippen molar-refractivity contribution >= 4 is 5.91 Å². The number of rotatable bonds is 5. The van der Waals surface area contributed by atoms with Crippen LogP contribution in [0.15, 0.2) is 24.3 Å². The van der Waals surface area contributed by atoms with Gasteiger partial charge in [-0.2, -0.15) is 0 Å². The Morgan fingerprint density at radius 2 is 1.94 bits per heavy atom. The Labute approximate surface area is 102 Å². The summed E-state index contributed by atoms with van der Waals surface area (Å²) in [5.41, 5.74) is 5.67. The molecule has 0 saturated carbocycles. The first-order chi connectivity index (χ1) is 8.33. The van der Waals surface area contributed by atoms with Crippen molar-refractivity contribution in [1.82, 2.24) is 5.32 Å². The van der Waals surface area contributed by atoms with Crippen LogP contribution in [-0.4, -0.2) is 18.8 Å². The maximum absolute atomic E-state index is 11.9. The molecule has 18 heavy (non-hydrogen) atoms. The average Bonchev–Trinajstić information content (AvgIpc) is 2.25. The first-order valence-corrected chi connectivity index (χ1v) is 5.22. The third-order valence-electron chi connectivity index (χ3n) is 2.14. The number of likely N-dealkylation sites (N-methyl/N-ethyl adjacent to an activating group) is 1. The highest BCUT2D eigenvalue weighted by molar-refractivity contribution is 5.81. The summed E-state index contributed by atoms with van der Waals surface area (Å²) in [5.74, 6) is -0.938. The molecule has 3 N–H and O–H groups in total. The second-order valence-corrected chi connectivity index (χ2v) is 3.51. The van der Waals surface area contributed by atoms with Crippen LogP contribution in [0.1, 0.15) is 18.5 Å². The van der Waals surface area contributed by atoms with Crippen LogP contribution in [0, 0.1) is 0 Å². The van der Waals surface area contributed by atoms with Crippen LogP contribution in [0.2, 0.25) is 0 Å². The Bertz CT molecular complexity index is 404. The molecule has 1 aromatic rings. The van der Waals surface area contributed by atoms with Crippen LogP contribution >= 0.6 is 0 Å². The van der Waals surface area contributed by atoms with Crippen molar-refractivity contribution in [3.8, 4) is 5.75 Å². The zero-order valence-electron chi connectivity index (χ0n) is 9.62. The van der Waals surface area contributed by atoms with Crippen LogP contribution in [-0.2, 0) is 4.79 Å². The summed E-state index contributed by atoms with van der Waals surface area (Å²) >= 11 is 0. The Morgan fingerprint density at radius 3 is 2.33 bits per heavy atom. The molecular weight excluding hydrogens is 249 g/mol. The zero-order chi connectivity index (χ0) is 13.8. The van der Waals surface area contributed by atoms with Crippen molar-refractivity contribution in [3.63, 3.8) is 0 Å². The maximum Gasteiger partial charge on any atom is 0.573 e. The number of carbonyl (C=O) groups excluding carboxylic acids is 1. The molecule has 4 nitrogen and oxygen atoms in total. The van der Waals surface area contributed by atoms with Gasteiger partial charge in [0.25, 0.3) is 0 Å². The standard InChI is InChI=1S/C11H13F3N2O2/c1-2-16-9(10(15)17)7-3-5-8(6-4-7)18-11(12,13)14/h3-6,9,16H,2H2,1H3,(H2,15,17). The van der Waals surface area contributed by atoms with Crippen LogP contribution < -0.4 is 15.8 Å². The quantitative estimate of drug-likeness (QED) is 0.849. The van der Waals surface area contributed by atoms with E-state index in [1.54, 1.807) is 6.92 Å². The predicted molar refractivity (Wildman–Crippen MR) is 58.7 cm³/mol. The fourth-order valence-electron chi connectivity index (χ4n) is 1.45. The first-order valence-electron chi connectivity index (χ1n) is 5.22. The molecular formula is C11H13F3N2O2. The lowest BCUT2D eigenvalue weighted by molar-refractivity contribution is -0.274. The van der Waals surface area contributed by atoms with E-state index < -0.39 is 18.3 Å². The van der Waals surface area contributed by atoms with E-state index in [1.807, 2.05) is 0 Å². The number of carbonyl (C=O) groups is 1. The van der Waals surface area contributed by atoms with Crippen molar-refractivity contribution in [1.29, 1.82) is 0 Å². The van der Waals surface area contributed by atoms with Crippen molar-refractivity contribution in [3.05, 3.63) is 29.8 Å². The normalized spacial score (nSPS) is 13.1. The van der Waals surface area contributed by atoms with Gasteiger partial charge in [0.15, 0.2) is 0 Å². The highest BCUT2D eigenvalue weighted by atomic mass is 19.4. The van der Waals surface area contributed by atoms with Gasteiger partial charge in [0, 0.05) is 0 Å². The van der Waals surface area contributed by atoms with Crippen LogP contribution in [0.3, 0.4) is 0 Å². The molecule has 1 unspecified atom stereocenters. The predicted octanol–water partition coefficient (Wildman–Crippen LogP) is 1.72. The second-order valence-electron chi connectivity index (χ2n) is 3.51. The second kappa shape index (κ2) is 5.72. The number of halogens is 3. The number of amides is 1. The summed E-state index contributed by atoms with van der Waals surface area (Å²) in [6.07, 6.45) is -4.73. The van der Waals surface area contributed by atoms with Crippen LogP contribution in [0.25, 0.3) is 0 Å². The highest BCUT2D eigenvalue weighted by Crippen LogP contribution is 2.24. The summed E-state index contributed by atoms with van der Waals surface area (Å²) < 4.78 is 39.5. The van der Waals surface area contributed by atoms with E-state index in [0.29, 0.717) is 12.1 Å². The lowest BCUT2D eigenvalue weighted by Crippen LogP contribution is -2.33. The van der Waals surface area contributed by atoms with E-state index in [0.717, 1.165) is 12.1 Å². The molecule has 1 atom stereocenters. The summed E-state index contributed by atoms with van der Waals surface area (Å²) in [7, 11) is 0. The van der Waals surface area contributed by atoms with Gasteiger partial charge >= 0.3 is 6.36 Å². The van der Waals surface area contributed by atoms with Crippen molar-refractivity contribution in [2.24, 2.45) is 5.73 Å². The third kappa shape index (κ3) is 4.25. The van der Waals surface area contributed by atoms with Gasteiger partial charge in [-0.25, -0.2) is 0 Å². The number of ether oxygens (including phenoxy) is 1. The Hall–Kier alpha value is -1.76. The molecule has 7 heteroatoms. The molecule has 1 amide bonds. The summed E-state index contributed by atoms with van der Waals surface area (Å²) in [6.45, 7) is 2.30. The smallest absolute Gasteiger partial charge is 0.406 e. The zero-order valence-corrected chi connectivity index (χ0v) is 9.62. The van der Waals surface area contributed by atoms with Crippen molar-refractivity contribution in [2.75, 3.05) is 6.54 Å². The van der Waals surface area contributed by atoms with Crippen LogP contribution in [0.4, 0.5) is 13.2 Å². The van der Waals surface area contributed by atoms with Gasteiger partial charge in [0.2, 0.25) is 5.91 Å². The number of alkyl halides is 3. The number of benzene rings is 1. The molecule has 0 aromatic heterocycles. The molecule has 0 aliphatic rings. The van der Waals surface area contributed by atoms with Gasteiger partial charge in [-0.3, -0.25) is 4.79 Å². The minimum absolute atomic E-state index is 0.342. The molecule has 1 rings (SSSR count). The molecule has 0 spiro atoms. The maximum atomic E-state index is 11.9. The number of hydrogen-bond acceptors (Lipinski definition) is 3. The van der Waals surface area contributed by atoms with E-state index in [2.05, 4.69) is 10.1 Å². The largest absolute Gasteiger partial charge is 0.573 e. The van der Waals surface area contributed by atoms with E-state index in [4.69, 9.17) is 5.73 Å². The van der Waals surface area contributed by atoms with E-state index in [9.17, 15) is 18.0 Å². The van der Waals surface area contributed by atoms with E-state index in [1.165, 1.54) is 12.1 Å².